The van der Waals surface area contributed by atoms with Crippen molar-refractivity contribution in [2.75, 3.05) is 7.11 Å². The summed E-state index contributed by atoms with van der Waals surface area (Å²) in [5.74, 6) is 1.99. The van der Waals surface area contributed by atoms with Gasteiger partial charge in [0.25, 0.3) is 0 Å². The lowest BCUT2D eigenvalue weighted by molar-refractivity contribution is -0.131. The van der Waals surface area contributed by atoms with E-state index in [9.17, 15) is 9.90 Å². The average molecular weight is 361 g/mol. The minimum Gasteiger partial charge on any atom is -0.493 e. The smallest absolute Gasteiger partial charge is 0.223 e. The number of carbonyl (C=O) groups excluding carboxylic acids is 1. The molecule has 0 atom stereocenters. The van der Waals surface area contributed by atoms with Gasteiger partial charge in [0.2, 0.25) is 5.91 Å². The van der Waals surface area contributed by atoms with E-state index in [0.29, 0.717) is 5.92 Å². The fourth-order valence-corrected chi connectivity index (χ4v) is 4.03. The van der Waals surface area contributed by atoms with Crippen molar-refractivity contribution in [3.8, 4) is 11.5 Å². The molecule has 0 unspecified atom stereocenters. The molecule has 5 nitrogen and oxygen atoms in total. The van der Waals surface area contributed by atoms with Crippen LogP contribution in [0, 0.1) is 11.8 Å². The van der Waals surface area contributed by atoms with E-state index in [4.69, 9.17) is 9.47 Å². The van der Waals surface area contributed by atoms with Crippen molar-refractivity contribution < 1.29 is 19.4 Å². The van der Waals surface area contributed by atoms with E-state index in [0.717, 1.165) is 50.0 Å². The second-order valence-corrected chi connectivity index (χ2v) is 8.27. The van der Waals surface area contributed by atoms with Crippen LogP contribution < -0.4 is 14.8 Å². The highest BCUT2D eigenvalue weighted by atomic mass is 16.5. The topological polar surface area (TPSA) is 67.8 Å². The van der Waals surface area contributed by atoms with Gasteiger partial charge in [-0.15, -0.1) is 0 Å². The standard InChI is InChI=1S/C21H31NO4/c1-21(2,24)15-8-10-16(11-9-15)22-20(23)14-12-17(13-14)26-19-7-5-4-6-18(19)25-3/h4-7,14-17,24H,8-13H2,1-3H3,(H,22,23)/t14-,15-,16-,17-. The van der Waals surface area contributed by atoms with Crippen LogP contribution in [-0.2, 0) is 4.79 Å². The molecule has 144 valence electrons. The summed E-state index contributed by atoms with van der Waals surface area (Å²) in [6.45, 7) is 3.76. The van der Waals surface area contributed by atoms with Crippen LogP contribution in [-0.4, -0.2) is 35.9 Å². The monoisotopic (exact) mass is 361 g/mol. The molecular formula is C21H31NO4. The molecule has 0 aliphatic heterocycles. The zero-order chi connectivity index (χ0) is 18.7. The summed E-state index contributed by atoms with van der Waals surface area (Å²) in [6, 6.07) is 7.85. The van der Waals surface area contributed by atoms with Crippen molar-refractivity contribution in [2.24, 2.45) is 11.8 Å². The summed E-state index contributed by atoms with van der Waals surface area (Å²) in [5.41, 5.74) is -0.619. The van der Waals surface area contributed by atoms with Crippen LogP contribution in [0.5, 0.6) is 11.5 Å². The number of carbonyl (C=O) groups is 1. The molecule has 0 bridgehead atoms. The Morgan fingerprint density at radius 3 is 2.31 bits per heavy atom. The van der Waals surface area contributed by atoms with Gasteiger partial charge in [-0.2, -0.15) is 0 Å². The minimum absolute atomic E-state index is 0.0433. The van der Waals surface area contributed by atoms with Crippen molar-refractivity contribution in [1.82, 2.24) is 5.32 Å². The van der Waals surface area contributed by atoms with E-state index in [-0.39, 0.29) is 24.0 Å². The van der Waals surface area contributed by atoms with Gasteiger partial charge in [0.05, 0.1) is 12.7 Å². The number of methoxy groups -OCH3 is 1. The number of hydrogen-bond acceptors (Lipinski definition) is 4. The third-order valence-corrected chi connectivity index (χ3v) is 5.90. The quantitative estimate of drug-likeness (QED) is 0.816. The average Bonchev–Trinajstić information content (AvgIpc) is 2.57. The largest absolute Gasteiger partial charge is 0.493 e. The van der Waals surface area contributed by atoms with E-state index in [1.54, 1.807) is 7.11 Å². The highest BCUT2D eigenvalue weighted by Crippen LogP contribution is 2.36. The Kier molecular flexibility index (Phi) is 5.76. The molecule has 2 fully saturated rings. The fourth-order valence-electron chi connectivity index (χ4n) is 4.03. The van der Waals surface area contributed by atoms with E-state index in [1.165, 1.54) is 0 Å². The molecule has 0 aromatic heterocycles. The van der Waals surface area contributed by atoms with Crippen molar-refractivity contribution in [3.05, 3.63) is 24.3 Å². The summed E-state index contributed by atoms with van der Waals surface area (Å²) in [5, 5.41) is 13.3. The fraction of sp³-hybridized carbons (Fsp3) is 0.667. The summed E-state index contributed by atoms with van der Waals surface area (Å²) >= 11 is 0. The number of amides is 1. The number of ether oxygens (including phenoxy) is 2. The molecule has 26 heavy (non-hydrogen) atoms. The predicted molar refractivity (Wildman–Crippen MR) is 100 cm³/mol. The SMILES string of the molecule is COc1ccccc1O[C@H]1C[C@H](C(=O)N[C@H]2CC[C@H](C(C)(C)O)CC2)C1. The first-order chi connectivity index (χ1) is 12.4. The lowest BCUT2D eigenvalue weighted by Crippen LogP contribution is -2.48. The van der Waals surface area contributed by atoms with Crippen LogP contribution in [0.2, 0.25) is 0 Å². The third kappa shape index (κ3) is 4.50. The van der Waals surface area contributed by atoms with Crippen molar-refractivity contribution in [3.63, 3.8) is 0 Å². The molecule has 0 spiro atoms. The van der Waals surface area contributed by atoms with Crippen molar-refractivity contribution in [1.29, 1.82) is 0 Å². The van der Waals surface area contributed by atoms with Gasteiger partial charge in [-0.25, -0.2) is 0 Å². The van der Waals surface area contributed by atoms with Gasteiger partial charge in [0.1, 0.15) is 6.10 Å². The van der Waals surface area contributed by atoms with Crippen LogP contribution in [0.25, 0.3) is 0 Å². The zero-order valence-corrected chi connectivity index (χ0v) is 16.0. The Bertz CT molecular complexity index is 611. The minimum atomic E-state index is -0.619. The van der Waals surface area contributed by atoms with E-state index in [2.05, 4.69) is 5.32 Å². The molecule has 0 heterocycles. The molecule has 2 saturated carbocycles. The summed E-state index contributed by atoms with van der Waals surface area (Å²) in [6.07, 6.45) is 5.43. The van der Waals surface area contributed by atoms with Gasteiger partial charge in [0.15, 0.2) is 11.5 Å². The van der Waals surface area contributed by atoms with Gasteiger partial charge in [-0.3, -0.25) is 4.79 Å². The van der Waals surface area contributed by atoms with E-state index >= 15 is 0 Å². The molecule has 2 aliphatic carbocycles. The first kappa shape index (κ1) is 19.0. The lowest BCUT2D eigenvalue weighted by Gasteiger charge is -2.38. The van der Waals surface area contributed by atoms with Gasteiger partial charge in [0, 0.05) is 12.0 Å². The van der Waals surface area contributed by atoms with E-state index in [1.807, 2.05) is 38.1 Å². The summed E-state index contributed by atoms with van der Waals surface area (Å²) in [4.78, 5) is 12.5. The molecule has 3 rings (SSSR count). The number of rotatable bonds is 6. The molecule has 2 N–H and O–H groups in total. The number of nitrogens with one attached hydrogen (secondary N) is 1. The molecule has 1 amide bonds. The Morgan fingerprint density at radius 1 is 1.12 bits per heavy atom. The third-order valence-electron chi connectivity index (χ3n) is 5.90. The van der Waals surface area contributed by atoms with Crippen LogP contribution in [0.1, 0.15) is 52.4 Å². The molecular weight excluding hydrogens is 330 g/mol. The Hall–Kier alpha value is -1.75. The maximum absolute atomic E-state index is 12.5. The molecule has 2 aliphatic rings. The van der Waals surface area contributed by atoms with Crippen LogP contribution >= 0.6 is 0 Å². The summed E-state index contributed by atoms with van der Waals surface area (Å²) in [7, 11) is 1.63. The van der Waals surface area contributed by atoms with Gasteiger partial charge >= 0.3 is 0 Å². The molecule has 1 aromatic carbocycles. The van der Waals surface area contributed by atoms with Gasteiger partial charge in [-0.1, -0.05) is 12.1 Å². The Balaban J connectivity index is 1.40. The molecule has 0 saturated heterocycles. The second kappa shape index (κ2) is 7.87. The first-order valence-electron chi connectivity index (χ1n) is 9.69. The van der Waals surface area contributed by atoms with Crippen molar-refractivity contribution in [2.45, 2.75) is 70.1 Å². The number of aliphatic hydroxyl groups is 1. The van der Waals surface area contributed by atoms with Crippen LogP contribution in [0.3, 0.4) is 0 Å². The first-order valence-corrected chi connectivity index (χ1v) is 9.69. The molecule has 1 aromatic rings. The maximum Gasteiger partial charge on any atom is 0.223 e. The van der Waals surface area contributed by atoms with Crippen molar-refractivity contribution >= 4 is 5.91 Å². The van der Waals surface area contributed by atoms with E-state index < -0.39 is 5.60 Å². The predicted octanol–water partition coefficient (Wildman–Crippen LogP) is 3.30. The normalized spacial score (nSPS) is 28.8. The number of hydrogen-bond donors (Lipinski definition) is 2. The maximum atomic E-state index is 12.5. The Morgan fingerprint density at radius 2 is 1.73 bits per heavy atom. The number of benzene rings is 1. The molecule has 0 radical (unpaired) electrons. The summed E-state index contributed by atoms with van der Waals surface area (Å²) < 4.78 is 11.3. The van der Waals surface area contributed by atoms with Gasteiger partial charge in [-0.05, 0) is 70.4 Å². The highest BCUT2D eigenvalue weighted by molar-refractivity contribution is 5.80. The van der Waals surface area contributed by atoms with Crippen LogP contribution in [0.4, 0.5) is 0 Å². The number of para-hydroxylation sites is 2. The second-order valence-electron chi connectivity index (χ2n) is 8.27. The highest BCUT2D eigenvalue weighted by Gasteiger charge is 2.38. The molecule has 5 heteroatoms. The van der Waals surface area contributed by atoms with Gasteiger partial charge < -0.3 is 19.9 Å². The van der Waals surface area contributed by atoms with Crippen LogP contribution in [0.15, 0.2) is 24.3 Å². The zero-order valence-electron chi connectivity index (χ0n) is 16.0. The Labute approximate surface area is 156 Å². The lowest BCUT2D eigenvalue weighted by atomic mass is 9.76.